The van der Waals surface area contributed by atoms with Gasteiger partial charge in [-0.05, 0) is 32.0 Å². The SMILES string of the molecule is Cc1cc(NC(C)c2nc3ccccc3n2C)c2nncn2n1. The lowest BCUT2D eigenvalue weighted by Gasteiger charge is -2.15. The maximum Gasteiger partial charge on any atom is 0.200 e. The molecule has 0 spiro atoms. The number of nitrogens with zero attached hydrogens (tertiary/aromatic N) is 6. The molecule has 3 heterocycles. The summed E-state index contributed by atoms with van der Waals surface area (Å²) in [7, 11) is 2.04. The van der Waals surface area contributed by atoms with E-state index < -0.39 is 0 Å². The highest BCUT2D eigenvalue weighted by Gasteiger charge is 2.16. The van der Waals surface area contributed by atoms with Crippen molar-refractivity contribution in [1.82, 2.24) is 29.4 Å². The van der Waals surface area contributed by atoms with Crippen molar-refractivity contribution in [1.29, 1.82) is 0 Å². The molecule has 3 aromatic heterocycles. The minimum Gasteiger partial charge on any atom is -0.372 e. The van der Waals surface area contributed by atoms with Crippen molar-refractivity contribution in [3.05, 3.63) is 48.2 Å². The van der Waals surface area contributed by atoms with E-state index in [0.717, 1.165) is 28.2 Å². The summed E-state index contributed by atoms with van der Waals surface area (Å²) in [6.07, 6.45) is 1.60. The van der Waals surface area contributed by atoms with Crippen molar-refractivity contribution in [2.24, 2.45) is 7.05 Å². The van der Waals surface area contributed by atoms with Gasteiger partial charge in [-0.25, -0.2) is 4.98 Å². The molecule has 0 saturated carbocycles. The average Bonchev–Trinajstić information content (AvgIpc) is 3.12. The van der Waals surface area contributed by atoms with E-state index in [0.29, 0.717) is 5.65 Å². The van der Waals surface area contributed by atoms with Crippen LogP contribution >= 0.6 is 0 Å². The maximum atomic E-state index is 4.74. The zero-order chi connectivity index (χ0) is 16.0. The van der Waals surface area contributed by atoms with E-state index >= 15 is 0 Å². The van der Waals surface area contributed by atoms with Gasteiger partial charge in [-0.1, -0.05) is 12.1 Å². The molecule has 7 heteroatoms. The number of nitrogens with one attached hydrogen (secondary N) is 1. The van der Waals surface area contributed by atoms with Gasteiger partial charge in [-0.2, -0.15) is 9.61 Å². The van der Waals surface area contributed by atoms with Crippen LogP contribution in [0.1, 0.15) is 24.5 Å². The summed E-state index contributed by atoms with van der Waals surface area (Å²) in [5.74, 6) is 0.971. The first-order chi connectivity index (χ1) is 11.1. The van der Waals surface area contributed by atoms with Gasteiger partial charge in [0.25, 0.3) is 0 Å². The van der Waals surface area contributed by atoms with Gasteiger partial charge < -0.3 is 9.88 Å². The van der Waals surface area contributed by atoms with Crippen LogP contribution in [0.4, 0.5) is 5.69 Å². The summed E-state index contributed by atoms with van der Waals surface area (Å²) in [4.78, 5) is 4.74. The van der Waals surface area contributed by atoms with Crippen LogP contribution in [0.2, 0.25) is 0 Å². The number of fused-ring (bicyclic) bond motifs is 2. The Labute approximate surface area is 133 Å². The molecule has 23 heavy (non-hydrogen) atoms. The van der Waals surface area contributed by atoms with E-state index in [1.807, 2.05) is 38.2 Å². The maximum absolute atomic E-state index is 4.74. The van der Waals surface area contributed by atoms with Crippen LogP contribution in [0, 0.1) is 6.92 Å². The molecule has 1 atom stereocenters. The molecule has 0 amide bonds. The summed E-state index contributed by atoms with van der Waals surface area (Å²) >= 11 is 0. The lowest BCUT2D eigenvalue weighted by molar-refractivity contribution is 0.732. The van der Waals surface area contributed by atoms with E-state index in [1.165, 1.54) is 0 Å². The standard InChI is InChI=1S/C16H17N7/c1-10-8-13(16-20-17-9-23(16)21-10)18-11(2)15-19-12-6-4-5-7-14(12)22(15)3/h4-9,11,18H,1-3H3. The summed E-state index contributed by atoms with van der Waals surface area (Å²) in [5, 5.41) is 15.9. The molecule has 1 N–H and O–H groups in total. The molecule has 0 bridgehead atoms. The van der Waals surface area contributed by atoms with Gasteiger partial charge in [0.05, 0.1) is 28.5 Å². The van der Waals surface area contributed by atoms with Gasteiger partial charge in [0.2, 0.25) is 5.65 Å². The number of rotatable bonds is 3. The van der Waals surface area contributed by atoms with Crippen LogP contribution < -0.4 is 5.32 Å². The lowest BCUT2D eigenvalue weighted by atomic mass is 10.2. The van der Waals surface area contributed by atoms with E-state index in [4.69, 9.17) is 4.98 Å². The first kappa shape index (κ1) is 13.7. The molecule has 0 aliphatic rings. The van der Waals surface area contributed by atoms with Crippen LogP contribution in [-0.4, -0.2) is 29.4 Å². The smallest absolute Gasteiger partial charge is 0.200 e. The van der Waals surface area contributed by atoms with Crippen LogP contribution in [0.5, 0.6) is 0 Å². The Morgan fingerprint density at radius 2 is 2.04 bits per heavy atom. The predicted molar refractivity (Wildman–Crippen MR) is 88.3 cm³/mol. The van der Waals surface area contributed by atoms with Gasteiger partial charge in [0, 0.05) is 7.05 Å². The van der Waals surface area contributed by atoms with Crippen LogP contribution in [0.3, 0.4) is 0 Å². The van der Waals surface area contributed by atoms with Crippen LogP contribution in [-0.2, 0) is 7.05 Å². The van der Waals surface area contributed by atoms with Gasteiger partial charge in [0.1, 0.15) is 12.2 Å². The number of anilines is 1. The molecule has 0 saturated heterocycles. The topological polar surface area (TPSA) is 72.9 Å². The third-order valence-corrected chi connectivity index (χ3v) is 3.97. The molecule has 1 aromatic carbocycles. The quantitative estimate of drug-likeness (QED) is 0.629. The Morgan fingerprint density at radius 3 is 2.87 bits per heavy atom. The monoisotopic (exact) mass is 307 g/mol. The fourth-order valence-corrected chi connectivity index (χ4v) is 2.91. The molecule has 0 aliphatic heterocycles. The molecule has 0 aliphatic carbocycles. The second kappa shape index (κ2) is 5.05. The molecule has 0 radical (unpaired) electrons. The van der Waals surface area contributed by atoms with Gasteiger partial charge >= 0.3 is 0 Å². The zero-order valence-electron chi connectivity index (χ0n) is 13.2. The van der Waals surface area contributed by atoms with Crippen molar-refractivity contribution in [2.45, 2.75) is 19.9 Å². The molecular formula is C16H17N7. The number of hydrogen-bond acceptors (Lipinski definition) is 5. The average molecular weight is 307 g/mol. The first-order valence-corrected chi connectivity index (χ1v) is 7.49. The highest BCUT2D eigenvalue weighted by molar-refractivity contribution is 5.76. The first-order valence-electron chi connectivity index (χ1n) is 7.49. The Morgan fingerprint density at radius 1 is 1.22 bits per heavy atom. The van der Waals surface area contributed by atoms with Gasteiger partial charge in [-0.3, -0.25) is 0 Å². The number of imidazole rings is 1. The highest BCUT2D eigenvalue weighted by atomic mass is 15.3. The molecular weight excluding hydrogens is 290 g/mol. The second-order valence-corrected chi connectivity index (χ2v) is 5.68. The number of para-hydroxylation sites is 2. The third kappa shape index (κ3) is 2.21. The van der Waals surface area contributed by atoms with E-state index in [1.54, 1.807) is 10.8 Å². The van der Waals surface area contributed by atoms with Crippen LogP contribution in [0.15, 0.2) is 36.7 Å². The summed E-state index contributed by atoms with van der Waals surface area (Å²) in [6.45, 7) is 4.04. The largest absolute Gasteiger partial charge is 0.372 e. The Balaban J connectivity index is 1.75. The number of benzene rings is 1. The summed E-state index contributed by atoms with van der Waals surface area (Å²) in [6, 6.07) is 10.1. The van der Waals surface area contributed by atoms with Crippen molar-refractivity contribution >= 4 is 22.4 Å². The molecule has 4 rings (SSSR count). The predicted octanol–water partition coefficient (Wildman–Crippen LogP) is 2.49. The fourth-order valence-electron chi connectivity index (χ4n) is 2.91. The molecule has 1 unspecified atom stereocenters. The highest BCUT2D eigenvalue weighted by Crippen LogP contribution is 2.24. The lowest BCUT2D eigenvalue weighted by Crippen LogP contribution is -2.13. The van der Waals surface area contributed by atoms with E-state index in [-0.39, 0.29) is 6.04 Å². The fraction of sp³-hybridized carbons (Fsp3) is 0.250. The normalized spacial score (nSPS) is 12.8. The number of aryl methyl sites for hydroxylation is 2. The van der Waals surface area contributed by atoms with Crippen molar-refractivity contribution < 1.29 is 0 Å². The molecule has 116 valence electrons. The third-order valence-electron chi connectivity index (χ3n) is 3.97. The minimum absolute atomic E-state index is 0.0229. The molecule has 4 aromatic rings. The van der Waals surface area contributed by atoms with E-state index in [9.17, 15) is 0 Å². The van der Waals surface area contributed by atoms with Crippen molar-refractivity contribution in [3.8, 4) is 0 Å². The number of aromatic nitrogens is 6. The Bertz CT molecular complexity index is 998. The zero-order valence-corrected chi connectivity index (χ0v) is 13.2. The van der Waals surface area contributed by atoms with E-state index in [2.05, 4.69) is 38.2 Å². The summed E-state index contributed by atoms with van der Waals surface area (Å²) < 4.78 is 3.79. The molecule has 7 nitrogen and oxygen atoms in total. The Hall–Kier alpha value is -2.96. The Kier molecular flexibility index (Phi) is 3.00. The molecule has 0 fully saturated rings. The van der Waals surface area contributed by atoms with Crippen molar-refractivity contribution in [3.63, 3.8) is 0 Å². The van der Waals surface area contributed by atoms with Crippen LogP contribution in [0.25, 0.3) is 16.7 Å². The summed E-state index contributed by atoms with van der Waals surface area (Å²) in [5.41, 5.74) is 4.62. The van der Waals surface area contributed by atoms with Crippen molar-refractivity contribution in [2.75, 3.05) is 5.32 Å². The van der Waals surface area contributed by atoms with Gasteiger partial charge in [-0.15, -0.1) is 10.2 Å². The minimum atomic E-state index is 0.0229. The van der Waals surface area contributed by atoms with Gasteiger partial charge in [0.15, 0.2) is 0 Å². The number of hydrogen-bond donors (Lipinski definition) is 1. The second-order valence-electron chi connectivity index (χ2n) is 5.68.